The monoisotopic (exact) mass is 289 g/mol. The third kappa shape index (κ3) is 2.56. The van der Waals surface area contributed by atoms with Gasteiger partial charge in [0, 0.05) is 13.0 Å². The van der Waals surface area contributed by atoms with Crippen molar-refractivity contribution in [3.05, 3.63) is 41.8 Å². The summed E-state index contributed by atoms with van der Waals surface area (Å²) in [5.74, 6) is 0.680. The van der Waals surface area contributed by atoms with Crippen LogP contribution in [0.2, 0.25) is 0 Å². The average molecular weight is 289 g/mol. The lowest BCUT2D eigenvalue weighted by atomic mass is 10.2. The molecular formula is C14H15N3O2S. The van der Waals surface area contributed by atoms with Gasteiger partial charge in [-0.3, -0.25) is 4.79 Å². The summed E-state index contributed by atoms with van der Waals surface area (Å²) >= 11 is 1.41. The van der Waals surface area contributed by atoms with E-state index in [0.717, 1.165) is 12.0 Å². The van der Waals surface area contributed by atoms with Gasteiger partial charge in [-0.25, -0.2) is 0 Å². The summed E-state index contributed by atoms with van der Waals surface area (Å²) in [6.45, 7) is 0.585. The number of carbonyl (C=O) groups is 1. The number of aromatic nitrogens is 2. The Morgan fingerprint density at radius 2 is 2.15 bits per heavy atom. The number of rotatable bonds is 4. The Balaban J connectivity index is 1.81. The zero-order chi connectivity index (χ0) is 13.9. The summed E-state index contributed by atoms with van der Waals surface area (Å²) in [7, 11) is 0. The molecule has 1 atom stereocenters. The van der Waals surface area contributed by atoms with E-state index in [1.54, 1.807) is 0 Å². The summed E-state index contributed by atoms with van der Waals surface area (Å²) in [6, 6.07) is 9.85. The van der Waals surface area contributed by atoms with Crippen LogP contribution in [0.1, 0.15) is 30.3 Å². The molecule has 2 heterocycles. The highest BCUT2D eigenvalue weighted by atomic mass is 32.2. The molecule has 0 radical (unpaired) electrons. The largest absolute Gasteiger partial charge is 0.414 e. The molecule has 1 aliphatic rings. The van der Waals surface area contributed by atoms with Crippen LogP contribution < -0.4 is 0 Å². The quantitative estimate of drug-likeness (QED) is 0.810. The minimum atomic E-state index is -0.101. The fourth-order valence-corrected chi connectivity index (χ4v) is 2.70. The molecule has 0 aliphatic carbocycles. The van der Waals surface area contributed by atoms with Crippen LogP contribution >= 0.6 is 11.8 Å². The van der Waals surface area contributed by atoms with Crippen molar-refractivity contribution < 1.29 is 9.21 Å². The highest BCUT2D eigenvalue weighted by Crippen LogP contribution is 2.34. The molecule has 1 aromatic heterocycles. The first-order valence-corrected chi connectivity index (χ1v) is 7.71. The van der Waals surface area contributed by atoms with Crippen LogP contribution in [0.5, 0.6) is 0 Å². The first-order valence-electron chi connectivity index (χ1n) is 6.48. The number of amides is 1. The molecule has 0 N–H and O–H groups in total. The summed E-state index contributed by atoms with van der Waals surface area (Å²) in [6.07, 6.45) is 3.16. The molecule has 6 heteroatoms. The Morgan fingerprint density at radius 3 is 2.85 bits per heavy atom. The Labute approximate surface area is 121 Å². The average Bonchev–Trinajstić information content (AvgIpc) is 3.08. The van der Waals surface area contributed by atoms with E-state index in [9.17, 15) is 4.79 Å². The molecule has 1 amide bonds. The minimum absolute atomic E-state index is 0.101. The van der Waals surface area contributed by atoms with Crippen LogP contribution in [-0.4, -0.2) is 27.3 Å². The first kappa shape index (κ1) is 13.2. The molecule has 0 saturated carbocycles. The fourth-order valence-electron chi connectivity index (χ4n) is 2.41. The van der Waals surface area contributed by atoms with Crippen LogP contribution in [0.4, 0.5) is 0 Å². The van der Waals surface area contributed by atoms with Crippen molar-refractivity contribution in [2.45, 2.75) is 30.7 Å². The zero-order valence-corrected chi connectivity index (χ0v) is 12.0. The predicted molar refractivity (Wildman–Crippen MR) is 75.0 cm³/mol. The van der Waals surface area contributed by atoms with E-state index in [1.165, 1.54) is 11.8 Å². The van der Waals surface area contributed by atoms with Crippen molar-refractivity contribution in [1.82, 2.24) is 15.1 Å². The minimum Gasteiger partial charge on any atom is -0.414 e. The fraction of sp³-hybridized carbons (Fsp3) is 0.357. The maximum absolute atomic E-state index is 12.1. The molecule has 2 aromatic rings. The lowest BCUT2D eigenvalue weighted by molar-refractivity contribution is -0.129. The molecule has 5 nitrogen and oxygen atoms in total. The van der Waals surface area contributed by atoms with Gasteiger partial charge in [-0.15, -0.1) is 10.2 Å². The van der Waals surface area contributed by atoms with E-state index < -0.39 is 0 Å². The molecular weight excluding hydrogens is 274 g/mol. The Bertz CT molecular complexity index is 599. The smallest absolute Gasteiger partial charge is 0.276 e. The van der Waals surface area contributed by atoms with Crippen molar-refractivity contribution in [2.75, 3.05) is 6.26 Å². The van der Waals surface area contributed by atoms with Gasteiger partial charge >= 0.3 is 0 Å². The number of carbonyl (C=O) groups excluding carboxylic acids is 1. The van der Waals surface area contributed by atoms with Crippen LogP contribution in [-0.2, 0) is 11.3 Å². The second-order valence-electron chi connectivity index (χ2n) is 4.67. The maximum Gasteiger partial charge on any atom is 0.276 e. The number of hydrogen-bond acceptors (Lipinski definition) is 5. The molecule has 1 aliphatic heterocycles. The van der Waals surface area contributed by atoms with Gasteiger partial charge in [0.2, 0.25) is 11.8 Å². The second-order valence-corrected chi connectivity index (χ2v) is 5.43. The van der Waals surface area contributed by atoms with Gasteiger partial charge in [0.15, 0.2) is 0 Å². The first-order chi connectivity index (χ1) is 9.78. The van der Waals surface area contributed by atoms with Crippen molar-refractivity contribution >= 4 is 17.7 Å². The van der Waals surface area contributed by atoms with Crippen LogP contribution in [0, 0.1) is 0 Å². The highest BCUT2D eigenvalue weighted by Gasteiger charge is 2.35. The van der Waals surface area contributed by atoms with Crippen LogP contribution in [0.3, 0.4) is 0 Å². The Morgan fingerprint density at radius 1 is 1.35 bits per heavy atom. The van der Waals surface area contributed by atoms with Gasteiger partial charge < -0.3 is 9.32 Å². The van der Waals surface area contributed by atoms with Crippen molar-refractivity contribution in [2.24, 2.45) is 0 Å². The molecule has 0 unspecified atom stereocenters. The van der Waals surface area contributed by atoms with E-state index in [4.69, 9.17) is 4.42 Å². The number of thioether (sulfide) groups is 1. The van der Waals surface area contributed by atoms with Crippen molar-refractivity contribution in [3.8, 4) is 0 Å². The Hall–Kier alpha value is -1.82. The zero-order valence-electron chi connectivity index (χ0n) is 11.2. The van der Waals surface area contributed by atoms with Gasteiger partial charge in [0.05, 0.1) is 0 Å². The van der Waals surface area contributed by atoms with E-state index in [2.05, 4.69) is 10.2 Å². The Kier molecular flexibility index (Phi) is 3.73. The summed E-state index contributed by atoms with van der Waals surface area (Å²) in [5, 5.41) is 8.56. The normalized spacial score (nSPS) is 18.8. The molecule has 0 spiro atoms. The number of likely N-dealkylation sites (tertiary alicyclic amines) is 1. The predicted octanol–water partition coefficient (Wildman–Crippen LogP) is 2.66. The van der Waals surface area contributed by atoms with Crippen molar-refractivity contribution in [1.29, 1.82) is 0 Å². The van der Waals surface area contributed by atoms with Gasteiger partial charge in [0.1, 0.15) is 6.04 Å². The van der Waals surface area contributed by atoms with E-state index >= 15 is 0 Å². The molecule has 1 saturated heterocycles. The van der Waals surface area contributed by atoms with Crippen molar-refractivity contribution in [3.63, 3.8) is 0 Å². The molecule has 1 fully saturated rings. The summed E-state index contributed by atoms with van der Waals surface area (Å²) < 4.78 is 5.58. The molecule has 0 bridgehead atoms. The number of benzene rings is 1. The number of hydrogen-bond donors (Lipinski definition) is 0. The molecule has 104 valence electrons. The summed E-state index contributed by atoms with van der Waals surface area (Å²) in [4.78, 5) is 13.9. The van der Waals surface area contributed by atoms with Gasteiger partial charge in [-0.1, -0.05) is 42.1 Å². The summed E-state index contributed by atoms with van der Waals surface area (Å²) in [5.41, 5.74) is 1.11. The lowest BCUT2D eigenvalue weighted by Crippen LogP contribution is -2.27. The van der Waals surface area contributed by atoms with Gasteiger partial charge in [-0.05, 0) is 18.2 Å². The molecule has 3 rings (SSSR count). The lowest BCUT2D eigenvalue weighted by Gasteiger charge is -2.22. The molecule has 20 heavy (non-hydrogen) atoms. The topological polar surface area (TPSA) is 59.2 Å². The van der Waals surface area contributed by atoms with Crippen LogP contribution in [0.15, 0.2) is 40.0 Å². The SMILES string of the molecule is CSc1nnc([C@@H]2CCC(=O)N2Cc2ccccc2)o1. The van der Waals surface area contributed by atoms with E-state index in [-0.39, 0.29) is 11.9 Å². The highest BCUT2D eigenvalue weighted by molar-refractivity contribution is 7.98. The second kappa shape index (κ2) is 5.66. The number of nitrogens with zero attached hydrogens (tertiary/aromatic N) is 3. The van der Waals surface area contributed by atoms with E-state index in [1.807, 2.05) is 41.5 Å². The van der Waals surface area contributed by atoms with E-state index in [0.29, 0.717) is 24.1 Å². The standard InChI is InChI=1S/C14H15N3O2S/c1-20-14-16-15-13(19-14)11-7-8-12(18)17(11)9-10-5-3-2-4-6-10/h2-6,11H,7-9H2,1H3/t11-/m0/s1. The maximum atomic E-state index is 12.1. The van der Waals surface area contributed by atoms with Gasteiger partial charge in [0.25, 0.3) is 5.22 Å². The third-order valence-corrected chi connectivity index (χ3v) is 3.92. The molecule has 1 aromatic carbocycles. The van der Waals surface area contributed by atoms with Gasteiger partial charge in [-0.2, -0.15) is 0 Å². The van der Waals surface area contributed by atoms with Crippen LogP contribution in [0.25, 0.3) is 0 Å². The third-order valence-electron chi connectivity index (χ3n) is 3.41.